The summed E-state index contributed by atoms with van der Waals surface area (Å²) in [4.78, 5) is 0. The zero-order valence-corrected chi connectivity index (χ0v) is 7.34. The largest absolute Gasteiger partial charge is 0.377 e. The SMILES string of the molecule is CC1CC1NC1CCOC1C. The fraction of sp³-hybridized carbons (Fsp3) is 1.00. The highest BCUT2D eigenvalue weighted by molar-refractivity contribution is 4.94. The first-order chi connectivity index (χ1) is 5.27. The molecule has 2 fully saturated rings. The maximum absolute atomic E-state index is 5.47. The second-order valence-corrected chi connectivity index (χ2v) is 3.96. The molecule has 0 amide bonds. The van der Waals surface area contributed by atoms with Crippen molar-refractivity contribution in [2.45, 2.75) is 44.9 Å². The third-order valence-electron chi connectivity index (χ3n) is 2.91. The van der Waals surface area contributed by atoms with E-state index in [4.69, 9.17) is 4.74 Å². The van der Waals surface area contributed by atoms with Gasteiger partial charge in [0.25, 0.3) is 0 Å². The van der Waals surface area contributed by atoms with Gasteiger partial charge in [-0.1, -0.05) is 6.92 Å². The van der Waals surface area contributed by atoms with Crippen molar-refractivity contribution in [1.82, 2.24) is 5.32 Å². The van der Waals surface area contributed by atoms with Crippen LogP contribution < -0.4 is 5.32 Å². The van der Waals surface area contributed by atoms with Gasteiger partial charge in [-0.2, -0.15) is 0 Å². The summed E-state index contributed by atoms with van der Waals surface area (Å²) < 4.78 is 5.47. The number of nitrogens with one attached hydrogen (secondary N) is 1. The second kappa shape index (κ2) is 2.76. The van der Waals surface area contributed by atoms with Gasteiger partial charge in [-0.25, -0.2) is 0 Å². The lowest BCUT2D eigenvalue weighted by Crippen LogP contribution is -2.36. The molecule has 0 aromatic heterocycles. The van der Waals surface area contributed by atoms with E-state index in [-0.39, 0.29) is 0 Å². The van der Waals surface area contributed by atoms with Crippen molar-refractivity contribution in [1.29, 1.82) is 0 Å². The van der Waals surface area contributed by atoms with E-state index in [1.807, 2.05) is 0 Å². The topological polar surface area (TPSA) is 21.3 Å². The molecule has 11 heavy (non-hydrogen) atoms. The number of hydrogen-bond donors (Lipinski definition) is 1. The molecule has 0 radical (unpaired) electrons. The Labute approximate surface area is 68.3 Å². The first-order valence-corrected chi connectivity index (χ1v) is 4.65. The lowest BCUT2D eigenvalue weighted by atomic mass is 10.1. The summed E-state index contributed by atoms with van der Waals surface area (Å²) >= 11 is 0. The molecule has 1 aliphatic heterocycles. The lowest BCUT2D eigenvalue weighted by molar-refractivity contribution is 0.112. The Bertz CT molecular complexity index is 148. The fourth-order valence-electron chi connectivity index (χ4n) is 1.78. The summed E-state index contributed by atoms with van der Waals surface area (Å²) in [6, 6.07) is 1.43. The predicted octanol–water partition coefficient (Wildman–Crippen LogP) is 1.16. The Morgan fingerprint density at radius 3 is 2.45 bits per heavy atom. The minimum absolute atomic E-state index is 0.433. The average molecular weight is 155 g/mol. The highest BCUT2D eigenvalue weighted by atomic mass is 16.5. The van der Waals surface area contributed by atoms with E-state index in [2.05, 4.69) is 19.2 Å². The van der Waals surface area contributed by atoms with E-state index in [1.54, 1.807) is 0 Å². The maximum Gasteiger partial charge on any atom is 0.0700 e. The van der Waals surface area contributed by atoms with Crippen molar-refractivity contribution in [2.24, 2.45) is 5.92 Å². The third-order valence-corrected chi connectivity index (χ3v) is 2.91. The molecule has 0 bridgehead atoms. The summed E-state index contributed by atoms with van der Waals surface area (Å²) in [5.41, 5.74) is 0. The molecule has 0 aromatic carbocycles. The summed E-state index contributed by atoms with van der Waals surface area (Å²) in [5, 5.41) is 3.63. The van der Waals surface area contributed by atoms with Gasteiger partial charge in [0.05, 0.1) is 6.10 Å². The zero-order valence-electron chi connectivity index (χ0n) is 7.34. The van der Waals surface area contributed by atoms with Crippen LogP contribution in [0.5, 0.6) is 0 Å². The molecular weight excluding hydrogens is 138 g/mol. The lowest BCUT2D eigenvalue weighted by Gasteiger charge is -2.15. The molecule has 2 rings (SSSR count). The van der Waals surface area contributed by atoms with Gasteiger partial charge in [0, 0.05) is 18.7 Å². The summed E-state index contributed by atoms with van der Waals surface area (Å²) in [6.45, 7) is 5.41. The van der Waals surface area contributed by atoms with Gasteiger partial charge < -0.3 is 10.1 Å². The number of hydrogen-bond acceptors (Lipinski definition) is 2. The van der Waals surface area contributed by atoms with Gasteiger partial charge in [0.2, 0.25) is 0 Å². The van der Waals surface area contributed by atoms with Gasteiger partial charge in [-0.05, 0) is 25.7 Å². The van der Waals surface area contributed by atoms with Crippen molar-refractivity contribution in [2.75, 3.05) is 6.61 Å². The number of rotatable bonds is 2. The quantitative estimate of drug-likeness (QED) is 0.646. The van der Waals surface area contributed by atoms with E-state index >= 15 is 0 Å². The van der Waals surface area contributed by atoms with Crippen LogP contribution in [0.25, 0.3) is 0 Å². The van der Waals surface area contributed by atoms with Crippen LogP contribution >= 0.6 is 0 Å². The van der Waals surface area contributed by atoms with Gasteiger partial charge in [-0.3, -0.25) is 0 Å². The van der Waals surface area contributed by atoms with E-state index in [9.17, 15) is 0 Å². The number of ether oxygens (including phenoxy) is 1. The second-order valence-electron chi connectivity index (χ2n) is 3.96. The van der Waals surface area contributed by atoms with Crippen LogP contribution in [0.1, 0.15) is 26.7 Å². The molecular formula is C9H17NO. The predicted molar refractivity (Wildman–Crippen MR) is 44.5 cm³/mol. The van der Waals surface area contributed by atoms with Crippen LogP contribution in [-0.4, -0.2) is 24.8 Å². The van der Waals surface area contributed by atoms with Crippen molar-refractivity contribution in [3.8, 4) is 0 Å². The van der Waals surface area contributed by atoms with Crippen molar-refractivity contribution < 1.29 is 4.74 Å². The molecule has 1 aliphatic carbocycles. The van der Waals surface area contributed by atoms with Crippen LogP contribution in [-0.2, 0) is 4.74 Å². The normalized spacial score (nSPS) is 49.6. The van der Waals surface area contributed by atoms with Crippen molar-refractivity contribution in [3.05, 3.63) is 0 Å². The van der Waals surface area contributed by atoms with Gasteiger partial charge in [-0.15, -0.1) is 0 Å². The third kappa shape index (κ3) is 1.57. The molecule has 1 saturated heterocycles. The summed E-state index contributed by atoms with van der Waals surface area (Å²) in [5.74, 6) is 0.905. The molecule has 1 heterocycles. The first-order valence-electron chi connectivity index (χ1n) is 4.65. The van der Waals surface area contributed by atoms with E-state index < -0.39 is 0 Å². The fourth-order valence-corrected chi connectivity index (χ4v) is 1.78. The molecule has 0 spiro atoms. The molecule has 1 saturated carbocycles. The van der Waals surface area contributed by atoms with Crippen molar-refractivity contribution >= 4 is 0 Å². The molecule has 4 atom stereocenters. The van der Waals surface area contributed by atoms with Gasteiger partial charge in [0.1, 0.15) is 0 Å². The molecule has 1 N–H and O–H groups in total. The smallest absolute Gasteiger partial charge is 0.0700 e. The van der Waals surface area contributed by atoms with Crippen molar-refractivity contribution in [3.63, 3.8) is 0 Å². The molecule has 4 unspecified atom stereocenters. The summed E-state index contributed by atoms with van der Waals surface area (Å²) in [6.07, 6.45) is 3.00. The minimum Gasteiger partial charge on any atom is -0.377 e. The van der Waals surface area contributed by atoms with Crippen LogP contribution in [0.3, 0.4) is 0 Å². The minimum atomic E-state index is 0.433. The Morgan fingerprint density at radius 2 is 2.00 bits per heavy atom. The maximum atomic E-state index is 5.47. The van der Waals surface area contributed by atoms with Gasteiger partial charge in [0.15, 0.2) is 0 Å². The molecule has 2 aliphatic rings. The van der Waals surface area contributed by atoms with E-state index in [1.165, 1.54) is 12.8 Å². The van der Waals surface area contributed by atoms with Crippen LogP contribution in [0, 0.1) is 5.92 Å². The van der Waals surface area contributed by atoms with Crippen LogP contribution in [0.4, 0.5) is 0 Å². The Balaban J connectivity index is 1.77. The van der Waals surface area contributed by atoms with Gasteiger partial charge >= 0.3 is 0 Å². The average Bonchev–Trinajstić information content (AvgIpc) is 2.48. The van der Waals surface area contributed by atoms with Crippen LogP contribution in [0.2, 0.25) is 0 Å². The highest BCUT2D eigenvalue weighted by Gasteiger charge is 2.36. The molecule has 64 valence electrons. The van der Waals surface area contributed by atoms with Crippen LogP contribution in [0.15, 0.2) is 0 Å². The molecule has 2 heteroatoms. The Hall–Kier alpha value is -0.0800. The molecule has 2 nitrogen and oxygen atoms in total. The standard InChI is InChI=1S/C9H17NO/c1-6-5-9(6)10-8-3-4-11-7(8)2/h6-10H,3-5H2,1-2H3. The van der Waals surface area contributed by atoms with E-state index in [0.717, 1.165) is 18.6 Å². The Kier molecular flexibility index (Phi) is 1.90. The highest BCUT2D eigenvalue weighted by Crippen LogP contribution is 2.30. The first kappa shape index (κ1) is 7.56. The van der Waals surface area contributed by atoms with E-state index in [0.29, 0.717) is 12.1 Å². The Morgan fingerprint density at radius 1 is 1.27 bits per heavy atom. The zero-order chi connectivity index (χ0) is 7.84. The molecule has 0 aromatic rings. The monoisotopic (exact) mass is 155 g/mol. The summed E-state index contributed by atoms with van der Waals surface area (Å²) in [7, 11) is 0.